The lowest BCUT2D eigenvalue weighted by Crippen LogP contribution is -1.82. The van der Waals surface area contributed by atoms with Crippen LogP contribution < -0.4 is 0 Å². The van der Waals surface area contributed by atoms with E-state index in [1.807, 2.05) is 46.0 Å². The van der Waals surface area contributed by atoms with Gasteiger partial charge in [-0.25, -0.2) is 9.97 Å². The first kappa shape index (κ1) is 13.6. The molecule has 1 aromatic heterocycles. The minimum Gasteiger partial charge on any atom is -0.244 e. The Balaban J connectivity index is 0.000000442. The summed E-state index contributed by atoms with van der Waals surface area (Å²) in [5.74, 6) is 0. The summed E-state index contributed by atoms with van der Waals surface area (Å²) in [5, 5.41) is 1.13. The van der Waals surface area contributed by atoms with E-state index in [2.05, 4.69) is 23.0 Å². The number of hydrogen-bond acceptors (Lipinski definition) is 2. The van der Waals surface area contributed by atoms with Crippen LogP contribution >= 0.6 is 0 Å². The lowest BCUT2D eigenvalue weighted by Gasteiger charge is -1.97. The van der Waals surface area contributed by atoms with Gasteiger partial charge in [-0.15, -0.1) is 0 Å². The van der Waals surface area contributed by atoms with E-state index >= 15 is 0 Å². The quantitative estimate of drug-likeness (QED) is 0.648. The van der Waals surface area contributed by atoms with Gasteiger partial charge in [-0.1, -0.05) is 39.8 Å². The van der Waals surface area contributed by atoms with Gasteiger partial charge >= 0.3 is 0 Å². The normalized spacial score (nSPS) is 8.33. The van der Waals surface area contributed by atoms with Crippen LogP contribution in [0.4, 0.5) is 0 Å². The van der Waals surface area contributed by atoms with Gasteiger partial charge in [-0.3, -0.25) is 0 Å². The van der Waals surface area contributed by atoms with E-state index in [1.165, 1.54) is 5.56 Å². The van der Waals surface area contributed by atoms with Crippen molar-refractivity contribution in [3.63, 3.8) is 0 Å². The van der Waals surface area contributed by atoms with Gasteiger partial charge in [-0.2, -0.15) is 0 Å². The van der Waals surface area contributed by atoms with Crippen molar-refractivity contribution in [3.8, 4) is 0 Å². The molecule has 0 radical (unpaired) electrons. The molecular formula is C13H20N2. The average molecular weight is 204 g/mol. The summed E-state index contributed by atoms with van der Waals surface area (Å²) >= 11 is 0. The lowest BCUT2D eigenvalue weighted by atomic mass is 10.1. The highest BCUT2D eigenvalue weighted by Crippen LogP contribution is 2.12. The summed E-state index contributed by atoms with van der Waals surface area (Å²) < 4.78 is 0. The van der Waals surface area contributed by atoms with Crippen LogP contribution in [-0.4, -0.2) is 9.97 Å². The van der Waals surface area contributed by atoms with Gasteiger partial charge in [0.25, 0.3) is 0 Å². The van der Waals surface area contributed by atoms with Crippen LogP contribution in [0.5, 0.6) is 0 Å². The summed E-state index contributed by atoms with van der Waals surface area (Å²) in [5.41, 5.74) is 2.24. The fraction of sp³-hybridized carbons (Fsp3) is 0.385. The maximum atomic E-state index is 4.13. The Hall–Kier alpha value is -1.44. The molecule has 2 heteroatoms. The topological polar surface area (TPSA) is 25.8 Å². The number of nitrogens with zero attached hydrogens (tertiary/aromatic N) is 2. The molecule has 2 rings (SSSR count). The Morgan fingerprint density at radius 3 is 2.27 bits per heavy atom. The maximum Gasteiger partial charge on any atom is 0.116 e. The van der Waals surface area contributed by atoms with Crippen molar-refractivity contribution in [2.45, 2.75) is 34.6 Å². The van der Waals surface area contributed by atoms with Crippen molar-refractivity contribution >= 4 is 10.9 Å². The van der Waals surface area contributed by atoms with Crippen molar-refractivity contribution in [1.29, 1.82) is 0 Å². The zero-order valence-electron chi connectivity index (χ0n) is 10.3. The van der Waals surface area contributed by atoms with Gasteiger partial charge in [-0.05, 0) is 18.6 Å². The molecule has 0 N–H and O–H groups in total. The Morgan fingerprint density at radius 1 is 1.00 bits per heavy atom. The van der Waals surface area contributed by atoms with Gasteiger partial charge in [0.2, 0.25) is 0 Å². The maximum absolute atomic E-state index is 4.13. The molecule has 0 atom stereocenters. The molecular weight excluding hydrogens is 184 g/mol. The number of hydrogen-bond donors (Lipinski definition) is 0. The second-order valence-electron chi connectivity index (χ2n) is 2.53. The molecule has 0 saturated carbocycles. The molecule has 1 heterocycles. The number of fused-ring (bicyclic) bond motifs is 1. The number of aryl methyl sites for hydroxylation is 1. The van der Waals surface area contributed by atoms with E-state index in [0.717, 1.165) is 10.9 Å². The Bertz CT molecular complexity index is 378. The summed E-state index contributed by atoms with van der Waals surface area (Å²) in [7, 11) is 0. The van der Waals surface area contributed by atoms with E-state index in [4.69, 9.17) is 0 Å². The molecule has 0 aliphatic rings. The van der Waals surface area contributed by atoms with Crippen LogP contribution in [0.1, 0.15) is 33.3 Å². The fourth-order valence-electron chi connectivity index (χ4n) is 1.15. The van der Waals surface area contributed by atoms with E-state index in [1.54, 1.807) is 6.33 Å². The van der Waals surface area contributed by atoms with E-state index in [9.17, 15) is 0 Å². The first-order chi connectivity index (χ1) is 7.38. The van der Waals surface area contributed by atoms with Crippen LogP contribution in [0.2, 0.25) is 0 Å². The van der Waals surface area contributed by atoms with E-state index in [0.29, 0.717) is 0 Å². The summed E-state index contributed by atoms with van der Waals surface area (Å²) in [6.45, 7) is 10.1. The first-order valence-corrected chi connectivity index (χ1v) is 5.53. The van der Waals surface area contributed by atoms with Gasteiger partial charge < -0.3 is 0 Å². The SMILES string of the molecule is CC.CC.Cc1cccc2ncncc12. The number of rotatable bonds is 0. The van der Waals surface area contributed by atoms with Crippen molar-refractivity contribution in [2.24, 2.45) is 0 Å². The van der Waals surface area contributed by atoms with Gasteiger partial charge in [0, 0.05) is 11.6 Å². The first-order valence-electron chi connectivity index (χ1n) is 5.53. The smallest absolute Gasteiger partial charge is 0.116 e. The third-order valence-corrected chi connectivity index (χ3v) is 1.77. The molecule has 2 aromatic rings. The highest BCUT2D eigenvalue weighted by Gasteiger charge is 1.94. The lowest BCUT2D eigenvalue weighted by molar-refractivity contribution is 1.22. The molecule has 0 bridgehead atoms. The van der Waals surface area contributed by atoms with Gasteiger partial charge in [0.05, 0.1) is 5.52 Å². The minimum atomic E-state index is 1.01. The highest BCUT2D eigenvalue weighted by atomic mass is 14.8. The van der Waals surface area contributed by atoms with Gasteiger partial charge in [0.1, 0.15) is 6.33 Å². The zero-order valence-corrected chi connectivity index (χ0v) is 10.3. The van der Waals surface area contributed by atoms with Crippen molar-refractivity contribution in [1.82, 2.24) is 9.97 Å². The molecule has 1 aromatic carbocycles. The molecule has 0 aliphatic carbocycles. The fourth-order valence-corrected chi connectivity index (χ4v) is 1.15. The molecule has 0 amide bonds. The zero-order chi connectivity index (χ0) is 11.7. The predicted molar refractivity (Wildman–Crippen MR) is 67.0 cm³/mol. The van der Waals surface area contributed by atoms with Crippen molar-refractivity contribution in [2.75, 3.05) is 0 Å². The average Bonchev–Trinajstić information content (AvgIpc) is 2.35. The minimum absolute atomic E-state index is 1.01. The summed E-state index contributed by atoms with van der Waals surface area (Å²) in [4.78, 5) is 8.09. The van der Waals surface area contributed by atoms with Crippen LogP contribution in [0.15, 0.2) is 30.7 Å². The molecule has 0 aliphatic heterocycles. The van der Waals surface area contributed by atoms with Crippen LogP contribution in [-0.2, 0) is 0 Å². The summed E-state index contributed by atoms with van der Waals surface area (Å²) in [6, 6.07) is 6.06. The molecule has 0 fully saturated rings. The third-order valence-electron chi connectivity index (χ3n) is 1.77. The van der Waals surface area contributed by atoms with Crippen molar-refractivity contribution in [3.05, 3.63) is 36.3 Å². The largest absolute Gasteiger partial charge is 0.244 e. The Kier molecular flexibility index (Phi) is 7.16. The monoisotopic (exact) mass is 204 g/mol. The molecule has 15 heavy (non-hydrogen) atoms. The van der Waals surface area contributed by atoms with Crippen LogP contribution in [0.25, 0.3) is 10.9 Å². The number of benzene rings is 1. The third kappa shape index (κ3) is 3.66. The Morgan fingerprint density at radius 2 is 1.67 bits per heavy atom. The molecule has 2 nitrogen and oxygen atoms in total. The molecule has 0 saturated heterocycles. The molecule has 0 spiro atoms. The number of aromatic nitrogens is 2. The second kappa shape index (κ2) is 7.92. The van der Waals surface area contributed by atoms with Crippen LogP contribution in [0.3, 0.4) is 0 Å². The molecule has 82 valence electrons. The van der Waals surface area contributed by atoms with E-state index in [-0.39, 0.29) is 0 Å². The highest BCUT2D eigenvalue weighted by molar-refractivity contribution is 5.80. The van der Waals surface area contributed by atoms with Gasteiger partial charge in [0.15, 0.2) is 0 Å². The predicted octanol–water partition coefficient (Wildman–Crippen LogP) is 3.99. The van der Waals surface area contributed by atoms with E-state index < -0.39 is 0 Å². The second-order valence-corrected chi connectivity index (χ2v) is 2.53. The summed E-state index contributed by atoms with van der Waals surface area (Å²) in [6.07, 6.45) is 3.42. The van der Waals surface area contributed by atoms with Crippen LogP contribution in [0, 0.1) is 6.92 Å². The van der Waals surface area contributed by atoms with Crippen molar-refractivity contribution < 1.29 is 0 Å². The standard InChI is InChI=1S/C9H8N2.2C2H6/c1-7-3-2-4-9-8(7)5-10-6-11-9;2*1-2/h2-6H,1H3;2*1-2H3. The molecule has 0 unspecified atom stereocenters. The Labute approximate surface area is 92.4 Å².